The first-order chi connectivity index (χ1) is 19.2. The van der Waals surface area contributed by atoms with Crippen molar-refractivity contribution in [1.29, 1.82) is 0 Å². The summed E-state index contributed by atoms with van der Waals surface area (Å²) < 4.78 is 7.48. The van der Waals surface area contributed by atoms with Crippen molar-refractivity contribution in [2.24, 2.45) is 5.92 Å². The molecule has 0 amide bonds. The summed E-state index contributed by atoms with van der Waals surface area (Å²) in [6.45, 7) is 7.49. The first kappa shape index (κ1) is 26.3. The van der Waals surface area contributed by atoms with Gasteiger partial charge in [0.15, 0.2) is 0 Å². The van der Waals surface area contributed by atoms with Crippen molar-refractivity contribution < 1.29 is 4.74 Å². The molecule has 0 bridgehead atoms. The van der Waals surface area contributed by atoms with E-state index in [1.54, 1.807) is 6.07 Å². The number of fused-ring (bicyclic) bond motifs is 1. The molecule has 0 atom stereocenters. The second-order valence-electron chi connectivity index (χ2n) is 11.7. The van der Waals surface area contributed by atoms with Crippen LogP contribution in [0.15, 0.2) is 53.5 Å². The van der Waals surface area contributed by atoms with Gasteiger partial charge in [0.25, 0.3) is 5.56 Å². The maximum absolute atomic E-state index is 12.8. The number of hydrogen-bond acceptors (Lipinski definition) is 6. The van der Waals surface area contributed by atoms with Gasteiger partial charge in [0.2, 0.25) is 0 Å². The lowest BCUT2D eigenvalue weighted by atomic mass is 9.92. The Morgan fingerprint density at radius 2 is 1.67 bits per heavy atom. The lowest BCUT2D eigenvalue weighted by Gasteiger charge is -2.34. The molecule has 7 nitrogen and oxygen atoms in total. The Labute approximate surface area is 232 Å². The molecule has 2 aliphatic heterocycles. The van der Waals surface area contributed by atoms with E-state index in [4.69, 9.17) is 4.74 Å². The molecule has 3 fully saturated rings. The normalized spacial score (nSPS) is 19.9. The molecule has 208 valence electrons. The number of aromatic nitrogens is 2. The highest BCUT2D eigenvalue weighted by Gasteiger charge is 2.21. The second-order valence-corrected chi connectivity index (χ2v) is 11.7. The zero-order chi connectivity index (χ0) is 26.4. The SMILES string of the molecule is O=c1ccc2cnc(Nc3ccc(N4CCC(CCCN5CCOCC5)CC4)cc3)cc2n1C1CCCCC1. The number of nitrogens with zero attached hydrogens (tertiary/aromatic N) is 4. The van der Waals surface area contributed by atoms with E-state index in [-0.39, 0.29) is 5.56 Å². The third-order valence-electron chi connectivity index (χ3n) is 9.06. The predicted octanol–water partition coefficient (Wildman–Crippen LogP) is 5.97. The number of pyridine rings is 2. The number of anilines is 3. The molecule has 39 heavy (non-hydrogen) atoms. The molecule has 2 aromatic heterocycles. The smallest absolute Gasteiger partial charge is 0.251 e. The van der Waals surface area contributed by atoms with Gasteiger partial charge in [-0.3, -0.25) is 9.69 Å². The van der Waals surface area contributed by atoms with Crippen LogP contribution in [-0.2, 0) is 4.74 Å². The maximum Gasteiger partial charge on any atom is 0.251 e. The van der Waals surface area contributed by atoms with Crippen LogP contribution >= 0.6 is 0 Å². The van der Waals surface area contributed by atoms with Gasteiger partial charge < -0.3 is 19.5 Å². The van der Waals surface area contributed by atoms with Gasteiger partial charge in [0.1, 0.15) is 5.82 Å². The quantitative estimate of drug-likeness (QED) is 0.388. The van der Waals surface area contributed by atoms with Crippen molar-refractivity contribution >= 4 is 28.1 Å². The first-order valence-corrected chi connectivity index (χ1v) is 15.2. The average Bonchev–Trinajstić information content (AvgIpc) is 2.99. The lowest BCUT2D eigenvalue weighted by molar-refractivity contribution is 0.0365. The third-order valence-corrected chi connectivity index (χ3v) is 9.06. The summed E-state index contributed by atoms with van der Waals surface area (Å²) in [5.41, 5.74) is 3.39. The van der Waals surface area contributed by atoms with Gasteiger partial charge in [-0.05, 0) is 81.3 Å². The molecule has 4 heterocycles. The number of morpholine rings is 1. The number of hydrogen-bond donors (Lipinski definition) is 1. The van der Waals surface area contributed by atoms with Gasteiger partial charge >= 0.3 is 0 Å². The fourth-order valence-electron chi connectivity index (χ4n) is 6.75. The summed E-state index contributed by atoms with van der Waals surface area (Å²) in [6.07, 6.45) is 12.9. The number of ether oxygens (including phenoxy) is 1. The van der Waals surface area contributed by atoms with E-state index in [1.807, 2.05) is 22.9 Å². The molecule has 1 N–H and O–H groups in total. The van der Waals surface area contributed by atoms with E-state index >= 15 is 0 Å². The van der Waals surface area contributed by atoms with E-state index in [0.717, 1.165) is 80.6 Å². The molecular formula is C32H43N5O2. The van der Waals surface area contributed by atoms with Gasteiger partial charge in [0.05, 0.1) is 18.7 Å². The summed E-state index contributed by atoms with van der Waals surface area (Å²) in [4.78, 5) is 22.6. The highest BCUT2D eigenvalue weighted by atomic mass is 16.5. The minimum atomic E-state index is 0.0942. The molecule has 0 radical (unpaired) electrons. The Morgan fingerprint density at radius 3 is 2.44 bits per heavy atom. The van der Waals surface area contributed by atoms with Gasteiger partial charge in [-0.1, -0.05) is 19.3 Å². The number of rotatable bonds is 8. The standard InChI is InChI=1S/C32H43N5O2/c38-32-13-8-26-24-33-31(23-30(26)37(32)29-6-2-1-3-7-29)34-27-9-11-28(12-10-27)36-17-14-25(15-18-36)5-4-16-35-19-21-39-22-20-35/h8-13,23-25,29H,1-7,14-22H2,(H,33,34). The third kappa shape index (κ3) is 6.47. The highest BCUT2D eigenvalue weighted by molar-refractivity contribution is 5.81. The summed E-state index contributed by atoms with van der Waals surface area (Å²) in [6, 6.07) is 14.7. The Hall–Kier alpha value is -2.90. The van der Waals surface area contributed by atoms with Crippen LogP contribution in [0.5, 0.6) is 0 Å². The fraction of sp³-hybridized carbons (Fsp3) is 0.562. The summed E-state index contributed by atoms with van der Waals surface area (Å²) in [5, 5.41) is 4.50. The van der Waals surface area contributed by atoms with Crippen molar-refractivity contribution in [1.82, 2.24) is 14.5 Å². The molecule has 7 heteroatoms. The Morgan fingerprint density at radius 1 is 0.897 bits per heavy atom. The van der Waals surface area contributed by atoms with Crippen LogP contribution in [0.4, 0.5) is 17.2 Å². The zero-order valence-electron chi connectivity index (χ0n) is 23.2. The fourth-order valence-corrected chi connectivity index (χ4v) is 6.75. The van der Waals surface area contributed by atoms with Crippen LogP contribution in [0.25, 0.3) is 10.9 Å². The second kappa shape index (κ2) is 12.5. The Kier molecular flexibility index (Phi) is 8.45. The molecule has 0 unspecified atom stereocenters. The van der Waals surface area contributed by atoms with Crippen LogP contribution in [0, 0.1) is 5.92 Å². The minimum absolute atomic E-state index is 0.0942. The number of piperidine rings is 1. The molecular weight excluding hydrogens is 486 g/mol. The van der Waals surface area contributed by atoms with E-state index < -0.39 is 0 Å². The van der Waals surface area contributed by atoms with Gasteiger partial charge in [-0.2, -0.15) is 0 Å². The molecule has 3 aliphatic rings. The van der Waals surface area contributed by atoms with Crippen LogP contribution < -0.4 is 15.8 Å². The summed E-state index contributed by atoms with van der Waals surface area (Å²) in [5.74, 6) is 1.64. The average molecular weight is 530 g/mol. The molecule has 1 saturated carbocycles. The van der Waals surface area contributed by atoms with Crippen LogP contribution in [0.2, 0.25) is 0 Å². The van der Waals surface area contributed by atoms with E-state index in [1.165, 1.54) is 57.2 Å². The summed E-state index contributed by atoms with van der Waals surface area (Å²) in [7, 11) is 0. The van der Waals surface area contributed by atoms with Crippen molar-refractivity contribution in [3.8, 4) is 0 Å². The lowest BCUT2D eigenvalue weighted by Crippen LogP contribution is -2.37. The van der Waals surface area contributed by atoms with E-state index in [0.29, 0.717) is 6.04 Å². The van der Waals surface area contributed by atoms with Crippen molar-refractivity contribution in [2.75, 3.05) is 56.2 Å². The van der Waals surface area contributed by atoms with Gasteiger partial charge in [-0.15, -0.1) is 0 Å². The first-order valence-electron chi connectivity index (χ1n) is 15.2. The van der Waals surface area contributed by atoms with E-state index in [2.05, 4.69) is 44.4 Å². The number of benzene rings is 1. The van der Waals surface area contributed by atoms with E-state index in [9.17, 15) is 4.79 Å². The highest BCUT2D eigenvalue weighted by Crippen LogP contribution is 2.31. The topological polar surface area (TPSA) is 62.6 Å². The Bertz CT molecular complexity index is 1270. The zero-order valence-corrected chi connectivity index (χ0v) is 23.2. The Balaban J connectivity index is 1.04. The molecule has 1 aromatic carbocycles. The monoisotopic (exact) mass is 529 g/mol. The van der Waals surface area contributed by atoms with Gasteiger partial charge in [0, 0.05) is 67.3 Å². The molecule has 6 rings (SSSR count). The minimum Gasteiger partial charge on any atom is -0.379 e. The maximum atomic E-state index is 12.8. The summed E-state index contributed by atoms with van der Waals surface area (Å²) >= 11 is 0. The van der Waals surface area contributed by atoms with Crippen molar-refractivity contribution in [3.63, 3.8) is 0 Å². The molecule has 3 aromatic rings. The van der Waals surface area contributed by atoms with Crippen LogP contribution in [-0.4, -0.2) is 60.4 Å². The predicted molar refractivity (Wildman–Crippen MR) is 159 cm³/mol. The molecule has 2 saturated heterocycles. The largest absolute Gasteiger partial charge is 0.379 e. The van der Waals surface area contributed by atoms with Gasteiger partial charge in [-0.25, -0.2) is 4.98 Å². The van der Waals surface area contributed by atoms with Crippen molar-refractivity contribution in [3.05, 3.63) is 59.0 Å². The molecule has 1 aliphatic carbocycles. The number of nitrogens with one attached hydrogen (secondary N) is 1. The molecule has 0 spiro atoms. The van der Waals surface area contributed by atoms with Crippen LogP contribution in [0.1, 0.15) is 63.8 Å². The van der Waals surface area contributed by atoms with Crippen LogP contribution in [0.3, 0.4) is 0 Å². The van der Waals surface area contributed by atoms with Crippen molar-refractivity contribution in [2.45, 2.75) is 63.8 Å².